The standard InChI is InChI=1S/C10H22N2O/c1-4-7-8-11-10(13)9-12(5-2)6-3/h4-9H2,1-3H3,(H,11,13). The number of nitrogens with zero attached hydrogens (tertiary/aromatic N) is 1. The number of amides is 1. The highest BCUT2D eigenvalue weighted by atomic mass is 16.2. The molecule has 1 N–H and O–H groups in total. The van der Waals surface area contributed by atoms with Gasteiger partial charge in [-0.25, -0.2) is 0 Å². The van der Waals surface area contributed by atoms with E-state index in [1.165, 1.54) is 0 Å². The van der Waals surface area contributed by atoms with Gasteiger partial charge < -0.3 is 5.32 Å². The Balaban J connectivity index is 3.48. The summed E-state index contributed by atoms with van der Waals surface area (Å²) in [4.78, 5) is 13.4. The van der Waals surface area contributed by atoms with Crippen molar-refractivity contribution in [1.29, 1.82) is 0 Å². The zero-order chi connectivity index (χ0) is 10.1. The van der Waals surface area contributed by atoms with E-state index < -0.39 is 0 Å². The molecule has 0 spiro atoms. The molecule has 0 atom stereocenters. The van der Waals surface area contributed by atoms with E-state index in [1.807, 2.05) is 0 Å². The van der Waals surface area contributed by atoms with Crippen molar-refractivity contribution >= 4 is 5.91 Å². The first-order valence-electron chi connectivity index (χ1n) is 5.23. The van der Waals surface area contributed by atoms with Crippen molar-refractivity contribution in [3.63, 3.8) is 0 Å². The van der Waals surface area contributed by atoms with Crippen LogP contribution in [0.1, 0.15) is 33.6 Å². The van der Waals surface area contributed by atoms with Gasteiger partial charge in [-0.2, -0.15) is 0 Å². The summed E-state index contributed by atoms with van der Waals surface area (Å²) >= 11 is 0. The van der Waals surface area contributed by atoms with E-state index in [1.54, 1.807) is 0 Å². The third-order valence-corrected chi connectivity index (χ3v) is 2.11. The monoisotopic (exact) mass is 186 g/mol. The molecule has 0 aromatic carbocycles. The molecule has 0 radical (unpaired) electrons. The molecule has 1 amide bonds. The summed E-state index contributed by atoms with van der Waals surface area (Å²) < 4.78 is 0. The van der Waals surface area contributed by atoms with E-state index in [9.17, 15) is 4.79 Å². The van der Waals surface area contributed by atoms with Crippen molar-refractivity contribution in [3.8, 4) is 0 Å². The Bertz CT molecular complexity index is 133. The highest BCUT2D eigenvalue weighted by Gasteiger charge is 2.05. The molecule has 0 aliphatic rings. The zero-order valence-electron chi connectivity index (χ0n) is 9.10. The van der Waals surface area contributed by atoms with Gasteiger partial charge in [0.1, 0.15) is 0 Å². The van der Waals surface area contributed by atoms with Crippen molar-refractivity contribution < 1.29 is 4.79 Å². The molecular formula is C10H22N2O. The van der Waals surface area contributed by atoms with Crippen molar-refractivity contribution in [2.75, 3.05) is 26.2 Å². The van der Waals surface area contributed by atoms with E-state index in [4.69, 9.17) is 0 Å². The molecule has 0 unspecified atom stereocenters. The fourth-order valence-electron chi connectivity index (χ4n) is 1.11. The summed E-state index contributed by atoms with van der Waals surface area (Å²) in [6, 6.07) is 0. The average Bonchev–Trinajstić information content (AvgIpc) is 2.14. The molecular weight excluding hydrogens is 164 g/mol. The lowest BCUT2D eigenvalue weighted by Crippen LogP contribution is -2.37. The van der Waals surface area contributed by atoms with Crippen LogP contribution in [-0.2, 0) is 4.79 Å². The maximum atomic E-state index is 11.3. The van der Waals surface area contributed by atoms with Crippen LogP contribution >= 0.6 is 0 Å². The normalized spacial score (nSPS) is 10.5. The van der Waals surface area contributed by atoms with E-state index >= 15 is 0 Å². The summed E-state index contributed by atoms with van der Waals surface area (Å²) in [5.41, 5.74) is 0. The largest absolute Gasteiger partial charge is 0.355 e. The summed E-state index contributed by atoms with van der Waals surface area (Å²) in [6.07, 6.45) is 2.20. The Kier molecular flexibility index (Phi) is 7.69. The van der Waals surface area contributed by atoms with Gasteiger partial charge in [0.2, 0.25) is 5.91 Å². The molecule has 0 fully saturated rings. The zero-order valence-corrected chi connectivity index (χ0v) is 9.10. The van der Waals surface area contributed by atoms with Gasteiger partial charge in [-0.1, -0.05) is 27.2 Å². The van der Waals surface area contributed by atoms with Crippen LogP contribution in [0.15, 0.2) is 0 Å². The lowest BCUT2D eigenvalue weighted by atomic mass is 10.3. The van der Waals surface area contributed by atoms with Gasteiger partial charge in [0.05, 0.1) is 6.54 Å². The minimum absolute atomic E-state index is 0.150. The van der Waals surface area contributed by atoms with E-state index in [-0.39, 0.29) is 5.91 Å². The van der Waals surface area contributed by atoms with Crippen molar-refractivity contribution in [3.05, 3.63) is 0 Å². The molecule has 0 aromatic heterocycles. The van der Waals surface area contributed by atoms with Crippen molar-refractivity contribution in [2.45, 2.75) is 33.6 Å². The molecule has 0 saturated carbocycles. The number of nitrogens with one attached hydrogen (secondary N) is 1. The molecule has 3 heteroatoms. The minimum Gasteiger partial charge on any atom is -0.355 e. The highest BCUT2D eigenvalue weighted by Crippen LogP contribution is 1.87. The highest BCUT2D eigenvalue weighted by molar-refractivity contribution is 5.77. The first-order valence-corrected chi connectivity index (χ1v) is 5.23. The number of unbranched alkanes of at least 4 members (excludes halogenated alkanes) is 1. The molecule has 0 aliphatic heterocycles. The summed E-state index contributed by atoms with van der Waals surface area (Å²) in [5, 5.41) is 2.90. The van der Waals surface area contributed by atoms with E-state index in [0.29, 0.717) is 6.54 Å². The van der Waals surface area contributed by atoms with Crippen LogP contribution in [0.5, 0.6) is 0 Å². The third kappa shape index (κ3) is 6.58. The molecule has 0 heterocycles. The lowest BCUT2D eigenvalue weighted by Gasteiger charge is -2.16. The van der Waals surface area contributed by atoms with E-state index in [2.05, 4.69) is 31.0 Å². The summed E-state index contributed by atoms with van der Waals surface area (Å²) in [7, 11) is 0. The molecule has 0 aromatic rings. The number of hydrogen-bond donors (Lipinski definition) is 1. The SMILES string of the molecule is CCCCNC(=O)CN(CC)CC. The molecule has 0 aliphatic carbocycles. The van der Waals surface area contributed by atoms with Crippen LogP contribution in [-0.4, -0.2) is 37.0 Å². The first kappa shape index (κ1) is 12.4. The van der Waals surface area contributed by atoms with Gasteiger partial charge in [0, 0.05) is 6.54 Å². The molecule has 0 saturated heterocycles. The first-order chi connectivity index (χ1) is 6.24. The van der Waals surface area contributed by atoms with Gasteiger partial charge in [0.25, 0.3) is 0 Å². The van der Waals surface area contributed by atoms with Gasteiger partial charge in [0.15, 0.2) is 0 Å². The fraction of sp³-hybridized carbons (Fsp3) is 0.900. The second-order valence-corrected chi connectivity index (χ2v) is 3.16. The lowest BCUT2D eigenvalue weighted by molar-refractivity contribution is -0.122. The van der Waals surface area contributed by atoms with Gasteiger partial charge in [-0.05, 0) is 19.5 Å². The van der Waals surface area contributed by atoms with Crippen LogP contribution in [0.25, 0.3) is 0 Å². The van der Waals surface area contributed by atoms with Gasteiger partial charge in [-0.3, -0.25) is 9.69 Å². The number of likely N-dealkylation sites (N-methyl/N-ethyl adjacent to an activating group) is 1. The Morgan fingerprint density at radius 2 is 1.85 bits per heavy atom. The number of hydrogen-bond acceptors (Lipinski definition) is 2. The average molecular weight is 186 g/mol. The Morgan fingerprint density at radius 1 is 1.23 bits per heavy atom. The van der Waals surface area contributed by atoms with Crippen LogP contribution in [0.3, 0.4) is 0 Å². The fourth-order valence-corrected chi connectivity index (χ4v) is 1.11. The van der Waals surface area contributed by atoms with Crippen LogP contribution in [0.4, 0.5) is 0 Å². The summed E-state index contributed by atoms with van der Waals surface area (Å²) in [6.45, 7) is 9.50. The second-order valence-electron chi connectivity index (χ2n) is 3.16. The van der Waals surface area contributed by atoms with Gasteiger partial charge in [-0.15, -0.1) is 0 Å². The maximum absolute atomic E-state index is 11.3. The molecule has 13 heavy (non-hydrogen) atoms. The molecule has 0 rings (SSSR count). The molecule has 0 bridgehead atoms. The maximum Gasteiger partial charge on any atom is 0.234 e. The molecule has 3 nitrogen and oxygen atoms in total. The van der Waals surface area contributed by atoms with Crippen LogP contribution < -0.4 is 5.32 Å². The van der Waals surface area contributed by atoms with Crippen molar-refractivity contribution in [1.82, 2.24) is 10.2 Å². The number of rotatable bonds is 7. The van der Waals surface area contributed by atoms with E-state index in [0.717, 1.165) is 32.5 Å². The Morgan fingerprint density at radius 3 is 2.31 bits per heavy atom. The predicted molar refractivity (Wildman–Crippen MR) is 55.7 cm³/mol. The van der Waals surface area contributed by atoms with Crippen LogP contribution in [0.2, 0.25) is 0 Å². The Labute approximate surface area is 81.5 Å². The van der Waals surface area contributed by atoms with Crippen molar-refractivity contribution in [2.24, 2.45) is 0 Å². The van der Waals surface area contributed by atoms with Crippen LogP contribution in [0, 0.1) is 0 Å². The summed E-state index contributed by atoms with van der Waals surface area (Å²) in [5.74, 6) is 0.150. The van der Waals surface area contributed by atoms with Gasteiger partial charge >= 0.3 is 0 Å². The smallest absolute Gasteiger partial charge is 0.234 e. The third-order valence-electron chi connectivity index (χ3n) is 2.11. The second kappa shape index (κ2) is 8.05. The topological polar surface area (TPSA) is 32.3 Å². The number of carbonyl (C=O) groups excluding carboxylic acids is 1. The number of carbonyl (C=O) groups is 1. The predicted octanol–water partition coefficient (Wildman–Crippen LogP) is 1.24. The quantitative estimate of drug-likeness (QED) is 0.607. The minimum atomic E-state index is 0.150. The Hall–Kier alpha value is -0.570. The molecule has 78 valence electrons.